The highest BCUT2D eigenvalue weighted by Crippen LogP contribution is 2.20. The number of benzene rings is 2. The van der Waals surface area contributed by atoms with Crippen LogP contribution in [0.25, 0.3) is 22.2 Å². The fourth-order valence-electron chi connectivity index (χ4n) is 2.46. The van der Waals surface area contributed by atoms with Crippen LogP contribution >= 0.6 is 0 Å². The van der Waals surface area contributed by atoms with Gasteiger partial charge in [-0.1, -0.05) is 12.1 Å². The molecule has 2 N–H and O–H groups in total. The molecule has 0 bridgehead atoms. The van der Waals surface area contributed by atoms with Gasteiger partial charge in [-0.25, -0.2) is 4.39 Å². The lowest BCUT2D eigenvalue weighted by atomic mass is 10.1. The fourth-order valence-corrected chi connectivity index (χ4v) is 2.46. The highest BCUT2D eigenvalue weighted by molar-refractivity contribution is 5.98. The zero-order valence-electron chi connectivity index (χ0n) is 12.5. The van der Waals surface area contributed by atoms with E-state index in [2.05, 4.69) is 10.3 Å². The van der Waals surface area contributed by atoms with Crippen LogP contribution in [0.3, 0.4) is 0 Å². The number of rotatable bonds is 3. The maximum absolute atomic E-state index is 13.3. The van der Waals surface area contributed by atoms with E-state index < -0.39 is 0 Å². The quantitative estimate of drug-likeness (QED) is 0.781. The number of H-pyrrole nitrogens is 1. The summed E-state index contributed by atoms with van der Waals surface area (Å²) < 4.78 is 13.3. The Labute approximate surface area is 132 Å². The van der Waals surface area contributed by atoms with Crippen LogP contribution in [0.15, 0.2) is 53.3 Å². The van der Waals surface area contributed by atoms with Gasteiger partial charge in [0.1, 0.15) is 5.82 Å². The number of hydrogen-bond acceptors (Lipinski definition) is 2. The van der Waals surface area contributed by atoms with Gasteiger partial charge >= 0.3 is 0 Å². The first-order valence-corrected chi connectivity index (χ1v) is 7.29. The molecule has 0 saturated heterocycles. The Bertz CT molecular complexity index is 947. The van der Waals surface area contributed by atoms with Crippen molar-refractivity contribution in [1.82, 2.24) is 10.3 Å². The summed E-state index contributed by atoms with van der Waals surface area (Å²) in [5.41, 5.74) is 1.95. The third kappa shape index (κ3) is 2.99. The van der Waals surface area contributed by atoms with Crippen molar-refractivity contribution >= 4 is 16.8 Å². The molecule has 3 aromatic rings. The Morgan fingerprint density at radius 3 is 2.74 bits per heavy atom. The Balaban J connectivity index is 2.11. The first-order valence-electron chi connectivity index (χ1n) is 7.29. The maximum Gasteiger partial charge on any atom is 0.251 e. The van der Waals surface area contributed by atoms with Gasteiger partial charge in [-0.15, -0.1) is 0 Å². The maximum atomic E-state index is 13.3. The molecule has 0 atom stereocenters. The van der Waals surface area contributed by atoms with Gasteiger partial charge < -0.3 is 10.3 Å². The summed E-state index contributed by atoms with van der Waals surface area (Å²) in [6.07, 6.45) is 0. The average molecular weight is 310 g/mol. The summed E-state index contributed by atoms with van der Waals surface area (Å²) in [7, 11) is 0. The second-order valence-electron chi connectivity index (χ2n) is 5.18. The molecule has 116 valence electrons. The van der Waals surface area contributed by atoms with Gasteiger partial charge in [-0.2, -0.15) is 0 Å². The summed E-state index contributed by atoms with van der Waals surface area (Å²) >= 11 is 0. The fraction of sp³-hybridized carbons (Fsp3) is 0.111. The number of aromatic nitrogens is 1. The Hall–Kier alpha value is -2.95. The first kappa shape index (κ1) is 15.0. The Kier molecular flexibility index (Phi) is 3.93. The standard InChI is InChI=1S/C18H15FN2O2/c1-2-20-18(23)12-6-7-15-14(9-12)17(22)10-16(21-15)11-4-3-5-13(19)8-11/h3-10H,2H2,1H3,(H,20,23)(H,21,22). The number of nitrogens with one attached hydrogen (secondary N) is 2. The van der Waals surface area contributed by atoms with Crippen molar-refractivity contribution in [2.45, 2.75) is 6.92 Å². The van der Waals surface area contributed by atoms with E-state index >= 15 is 0 Å². The van der Waals surface area contributed by atoms with E-state index in [1.54, 1.807) is 30.3 Å². The topological polar surface area (TPSA) is 62.0 Å². The third-order valence-corrected chi connectivity index (χ3v) is 3.56. The SMILES string of the molecule is CCNC(=O)c1ccc2[nH]c(-c3cccc(F)c3)cc(=O)c2c1. The molecule has 0 aliphatic rings. The third-order valence-electron chi connectivity index (χ3n) is 3.56. The van der Waals surface area contributed by atoms with Gasteiger partial charge in [-0.05, 0) is 37.3 Å². The molecule has 0 spiro atoms. The number of carbonyl (C=O) groups excluding carboxylic acids is 1. The summed E-state index contributed by atoms with van der Waals surface area (Å²) in [6.45, 7) is 2.35. The molecular weight excluding hydrogens is 295 g/mol. The predicted octanol–water partition coefficient (Wildman–Crippen LogP) is 3.08. The van der Waals surface area contributed by atoms with E-state index in [1.807, 2.05) is 6.92 Å². The normalized spacial score (nSPS) is 10.7. The van der Waals surface area contributed by atoms with Gasteiger partial charge in [0.25, 0.3) is 5.91 Å². The predicted molar refractivity (Wildman–Crippen MR) is 88.0 cm³/mol. The second kappa shape index (κ2) is 6.04. The largest absolute Gasteiger partial charge is 0.354 e. The van der Waals surface area contributed by atoms with Crippen LogP contribution in [0, 0.1) is 5.82 Å². The van der Waals surface area contributed by atoms with Crippen molar-refractivity contribution in [2.24, 2.45) is 0 Å². The molecule has 0 saturated carbocycles. The van der Waals surface area contributed by atoms with Crippen LogP contribution in [0.1, 0.15) is 17.3 Å². The number of aromatic amines is 1. The molecule has 3 rings (SSSR count). The second-order valence-corrected chi connectivity index (χ2v) is 5.18. The first-order chi connectivity index (χ1) is 11.1. The molecule has 0 aliphatic heterocycles. The molecular formula is C18H15FN2O2. The van der Waals surface area contributed by atoms with Crippen LogP contribution in [0.5, 0.6) is 0 Å². The van der Waals surface area contributed by atoms with Gasteiger partial charge in [0, 0.05) is 40.3 Å². The highest BCUT2D eigenvalue weighted by Gasteiger charge is 2.09. The van der Waals surface area contributed by atoms with E-state index in [4.69, 9.17) is 0 Å². The lowest BCUT2D eigenvalue weighted by Gasteiger charge is -2.07. The number of pyridine rings is 1. The van der Waals surface area contributed by atoms with Crippen LogP contribution in [0.4, 0.5) is 4.39 Å². The van der Waals surface area contributed by atoms with Gasteiger partial charge in [0.2, 0.25) is 0 Å². The van der Waals surface area contributed by atoms with E-state index in [1.165, 1.54) is 18.2 Å². The molecule has 1 heterocycles. The molecule has 0 unspecified atom stereocenters. The monoisotopic (exact) mass is 310 g/mol. The summed E-state index contributed by atoms with van der Waals surface area (Å²) in [5, 5.41) is 3.12. The molecule has 0 aliphatic carbocycles. The highest BCUT2D eigenvalue weighted by atomic mass is 19.1. The van der Waals surface area contributed by atoms with Crippen molar-refractivity contribution in [3.05, 3.63) is 70.1 Å². The number of amides is 1. The molecule has 0 radical (unpaired) electrons. The summed E-state index contributed by atoms with van der Waals surface area (Å²) in [4.78, 5) is 27.3. The van der Waals surface area contributed by atoms with E-state index in [0.717, 1.165) is 0 Å². The number of fused-ring (bicyclic) bond motifs is 1. The van der Waals surface area contributed by atoms with Crippen LogP contribution in [-0.2, 0) is 0 Å². The van der Waals surface area contributed by atoms with Crippen molar-refractivity contribution < 1.29 is 9.18 Å². The van der Waals surface area contributed by atoms with Crippen molar-refractivity contribution in [3.8, 4) is 11.3 Å². The van der Waals surface area contributed by atoms with Crippen LogP contribution in [-0.4, -0.2) is 17.4 Å². The minimum absolute atomic E-state index is 0.218. The lowest BCUT2D eigenvalue weighted by molar-refractivity contribution is 0.0956. The summed E-state index contributed by atoms with van der Waals surface area (Å²) in [6, 6.07) is 12.3. The Morgan fingerprint density at radius 1 is 1.17 bits per heavy atom. The van der Waals surface area contributed by atoms with Crippen molar-refractivity contribution in [2.75, 3.05) is 6.54 Å². The average Bonchev–Trinajstić information content (AvgIpc) is 2.54. The number of carbonyl (C=O) groups is 1. The van der Waals surface area contributed by atoms with E-state index in [9.17, 15) is 14.0 Å². The van der Waals surface area contributed by atoms with Crippen LogP contribution < -0.4 is 10.7 Å². The molecule has 2 aromatic carbocycles. The molecule has 5 heteroatoms. The number of halogens is 1. The smallest absolute Gasteiger partial charge is 0.251 e. The van der Waals surface area contributed by atoms with Gasteiger partial charge in [0.05, 0.1) is 0 Å². The van der Waals surface area contributed by atoms with Crippen molar-refractivity contribution in [1.29, 1.82) is 0 Å². The zero-order valence-corrected chi connectivity index (χ0v) is 12.5. The molecule has 0 fully saturated rings. The minimum atomic E-state index is -0.366. The van der Waals surface area contributed by atoms with Crippen molar-refractivity contribution in [3.63, 3.8) is 0 Å². The van der Waals surface area contributed by atoms with Gasteiger partial charge in [0.15, 0.2) is 5.43 Å². The molecule has 1 amide bonds. The Morgan fingerprint density at radius 2 is 2.00 bits per heavy atom. The molecule has 1 aromatic heterocycles. The van der Waals surface area contributed by atoms with Crippen LogP contribution in [0.2, 0.25) is 0 Å². The van der Waals surface area contributed by atoms with E-state index in [0.29, 0.717) is 34.3 Å². The molecule has 23 heavy (non-hydrogen) atoms. The number of hydrogen-bond donors (Lipinski definition) is 2. The summed E-state index contributed by atoms with van der Waals surface area (Å²) in [5.74, 6) is -0.585. The van der Waals surface area contributed by atoms with E-state index in [-0.39, 0.29) is 17.2 Å². The minimum Gasteiger partial charge on any atom is -0.354 e. The zero-order chi connectivity index (χ0) is 16.4. The molecule has 4 nitrogen and oxygen atoms in total. The van der Waals surface area contributed by atoms with Gasteiger partial charge in [-0.3, -0.25) is 9.59 Å². The lowest BCUT2D eigenvalue weighted by Crippen LogP contribution is -2.22.